The Morgan fingerprint density at radius 2 is 2.06 bits per heavy atom. The summed E-state index contributed by atoms with van der Waals surface area (Å²) in [6, 6.07) is 7.90. The van der Waals surface area contributed by atoms with E-state index in [0.717, 1.165) is 5.56 Å². The van der Waals surface area contributed by atoms with E-state index in [4.69, 9.17) is 17.3 Å². The second kappa shape index (κ2) is 4.59. The van der Waals surface area contributed by atoms with Crippen LogP contribution in [0.4, 0.5) is 21.6 Å². The van der Waals surface area contributed by atoms with Gasteiger partial charge in [0.1, 0.15) is 16.8 Å². The van der Waals surface area contributed by atoms with E-state index in [9.17, 15) is 4.39 Å². The SMILES string of the molecule is Cc1ccc(F)c(Nc2cc(N)cc(Cl)n2)c1. The minimum atomic E-state index is -0.351. The zero-order chi connectivity index (χ0) is 12.4. The normalized spacial score (nSPS) is 10.3. The van der Waals surface area contributed by atoms with Crippen LogP contribution in [0.15, 0.2) is 30.3 Å². The molecule has 3 N–H and O–H groups in total. The second-order valence-corrected chi connectivity index (χ2v) is 4.10. The first-order valence-electron chi connectivity index (χ1n) is 5.01. The van der Waals surface area contributed by atoms with Gasteiger partial charge in [-0.05, 0) is 30.7 Å². The fraction of sp³-hybridized carbons (Fsp3) is 0.0833. The van der Waals surface area contributed by atoms with Crippen LogP contribution in [-0.4, -0.2) is 4.98 Å². The van der Waals surface area contributed by atoms with Crippen molar-refractivity contribution in [1.29, 1.82) is 0 Å². The molecule has 0 spiro atoms. The van der Waals surface area contributed by atoms with Crippen molar-refractivity contribution in [2.75, 3.05) is 11.1 Å². The molecule has 0 aliphatic carbocycles. The average molecular weight is 252 g/mol. The molecule has 0 aliphatic rings. The molecular weight excluding hydrogens is 241 g/mol. The summed E-state index contributed by atoms with van der Waals surface area (Å²) in [6.07, 6.45) is 0. The summed E-state index contributed by atoms with van der Waals surface area (Å²) < 4.78 is 13.5. The van der Waals surface area contributed by atoms with Crippen molar-refractivity contribution in [3.8, 4) is 0 Å². The number of benzene rings is 1. The van der Waals surface area contributed by atoms with Crippen molar-refractivity contribution in [2.24, 2.45) is 0 Å². The Bertz CT molecular complexity index is 537. The molecule has 2 aromatic rings. The predicted octanol–water partition coefficient (Wildman–Crippen LogP) is 3.51. The van der Waals surface area contributed by atoms with Gasteiger partial charge in [0.05, 0.1) is 5.69 Å². The molecule has 0 bridgehead atoms. The number of anilines is 3. The highest BCUT2D eigenvalue weighted by Crippen LogP contribution is 2.22. The number of pyridine rings is 1. The number of nitrogens with one attached hydrogen (secondary N) is 1. The van der Waals surface area contributed by atoms with E-state index in [1.54, 1.807) is 18.2 Å². The van der Waals surface area contributed by atoms with E-state index in [1.807, 2.05) is 6.92 Å². The standard InChI is InChI=1S/C12H11ClFN3/c1-7-2-3-9(14)10(4-7)16-12-6-8(15)5-11(13)17-12/h2-6H,1H3,(H3,15,16,17). The summed E-state index contributed by atoms with van der Waals surface area (Å²) in [5, 5.41) is 3.11. The predicted molar refractivity (Wildman–Crippen MR) is 68.1 cm³/mol. The quantitative estimate of drug-likeness (QED) is 0.803. The lowest BCUT2D eigenvalue weighted by atomic mass is 10.2. The molecule has 1 heterocycles. The van der Waals surface area contributed by atoms with Crippen LogP contribution in [0.3, 0.4) is 0 Å². The van der Waals surface area contributed by atoms with Crippen LogP contribution >= 0.6 is 11.6 Å². The van der Waals surface area contributed by atoms with Crippen LogP contribution in [0.25, 0.3) is 0 Å². The highest BCUT2D eigenvalue weighted by Gasteiger charge is 2.04. The topological polar surface area (TPSA) is 50.9 Å². The van der Waals surface area contributed by atoms with Gasteiger partial charge in [-0.1, -0.05) is 17.7 Å². The number of hydrogen-bond donors (Lipinski definition) is 2. The fourth-order valence-corrected chi connectivity index (χ4v) is 1.67. The van der Waals surface area contributed by atoms with Gasteiger partial charge >= 0.3 is 0 Å². The molecule has 0 aliphatic heterocycles. The Labute approximate surface area is 103 Å². The van der Waals surface area contributed by atoms with Crippen molar-refractivity contribution in [2.45, 2.75) is 6.92 Å². The molecule has 0 amide bonds. The number of hydrogen-bond acceptors (Lipinski definition) is 3. The van der Waals surface area contributed by atoms with Gasteiger partial charge in [0.25, 0.3) is 0 Å². The average Bonchev–Trinajstić information content (AvgIpc) is 2.22. The molecule has 88 valence electrons. The van der Waals surface area contributed by atoms with Crippen molar-refractivity contribution in [3.63, 3.8) is 0 Å². The highest BCUT2D eigenvalue weighted by molar-refractivity contribution is 6.29. The first kappa shape index (κ1) is 11.7. The first-order valence-corrected chi connectivity index (χ1v) is 5.38. The lowest BCUT2D eigenvalue weighted by Crippen LogP contribution is -1.98. The Balaban J connectivity index is 2.34. The van der Waals surface area contributed by atoms with Crippen molar-refractivity contribution in [1.82, 2.24) is 4.98 Å². The lowest BCUT2D eigenvalue weighted by molar-refractivity contribution is 0.631. The van der Waals surface area contributed by atoms with E-state index < -0.39 is 0 Å². The van der Waals surface area contributed by atoms with E-state index in [-0.39, 0.29) is 11.0 Å². The van der Waals surface area contributed by atoms with E-state index in [1.165, 1.54) is 12.1 Å². The maximum absolute atomic E-state index is 13.5. The Hall–Kier alpha value is -1.81. The lowest BCUT2D eigenvalue weighted by Gasteiger charge is -2.08. The third-order valence-corrected chi connectivity index (χ3v) is 2.39. The number of nitrogens with zero attached hydrogens (tertiary/aromatic N) is 1. The zero-order valence-electron chi connectivity index (χ0n) is 9.17. The Morgan fingerprint density at radius 1 is 1.29 bits per heavy atom. The van der Waals surface area contributed by atoms with Crippen molar-refractivity contribution < 1.29 is 4.39 Å². The summed E-state index contributed by atoms with van der Waals surface area (Å²) in [5.41, 5.74) is 7.39. The van der Waals surface area contributed by atoms with Crippen LogP contribution in [0.1, 0.15) is 5.56 Å². The summed E-state index contributed by atoms with van der Waals surface area (Å²) in [5.74, 6) is 0.0652. The molecule has 0 fully saturated rings. The third-order valence-electron chi connectivity index (χ3n) is 2.20. The highest BCUT2D eigenvalue weighted by atomic mass is 35.5. The van der Waals surface area contributed by atoms with E-state index >= 15 is 0 Å². The maximum Gasteiger partial charge on any atom is 0.146 e. The van der Waals surface area contributed by atoms with Gasteiger partial charge in [0, 0.05) is 11.8 Å². The van der Waals surface area contributed by atoms with Crippen LogP contribution in [0, 0.1) is 12.7 Å². The van der Waals surface area contributed by atoms with Gasteiger partial charge in [0.2, 0.25) is 0 Å². The van der Waals surface area contributed by atoms with Crippen LogP contribution < -0.4 is 11.1 Å². The first-order chi connectivity index (χ1) is 8.04. The molecule has 0 saturated carbocycles. The number of nitrogens with two attached hydrogens (primary N) is 1. The monoisotopic (exact) mass is 251 g/mol. The van der Waals surface area contributed by atoms with Crippen LogP contribution in [-0.2, 0) is 0 Å². The van der Waals surface area contributed by atoms with Gasteiger partial charge in [0.15, 0.2) is 0 Å². The summed E-state index contributed by atoms with van der Waals surface area (Å²) in [7, 11) is 0. The minimum Gasteiger partial charge on any atom is -0.399 e. The number of rotatable bonds is 2. The third kappa shape index (κ3) is 2.85. The summed E-state index contributed by atoms with van der Waals surface area (Å²) >= 11 is 5.76. The largest absolute Gasteiger partial charge is 0.399 e. The van der Waals surface area contributed by atoms with E-state index in [0.29, 0.717) is 17.2 Å². The minimum absolute atomic E-state index is 0.264. The second-order valence-electron chi connectivity index (χ2n) is 3.72. The molecule has 5 heteroatoms. The molecule has 1 aromatic heterocycles. The van der Waals surface area contributed by atoms with Gasteiger partial charge < -0.3 is 11.1 Å². The van der Waals surface area contributed by atoms with Gasteiger partial charge in [-0.2, -0.15) is 0 Å². The fourth-order valence-electron chi connectivity index (χ4n) is 1.45. The molecule has 0 unspecified atom stereocenters. The molecule has 3 nitrogen and oxygen atoms in total. The maximum atomic E-state index is 13.5. The molecule has 0 atom stereocenters. The number of aromatic nitrogens is 1. The smallest absolute Gasteiger partial charge is 0.146 e. The number of halogens is 2. The Morgan fingerprint density at radius 3 is 2.76 bits per heavy atom. The molecule has 0 radical (unpaired) electrons. The molecule has 0 saturated heterocycles. The summed E-state index contributed by atoms with van der Waals surface area (Å²) in [6.45, 7) is 1.88. The van der Waals surface area contributed by atoms with Gasteiger partial charge in [-0.15, -0.1) is 0 Å². The zero-order valence-corrected chi connectivity index (χ0v) is 9.92. The van der Waals surface area contributed by atoms with Crippen LogP contribution in [0.2, 0.25) is 5.15 Å². The Kier molecular flexibility index (Phi) is 3.15. The van der Waals surface area contributed by atoms with Gasteiger partial charge in [-0.3, -0.25) is 0 Å². The molecule has 2 rings (SSSR count). The van der Waals surface area contributed by atoms with Crippen molar-refractivity contribution in [3.05, 3.63) is 46.9 Å². The van der Waals surface area contributed by atoms with Crippen LogP contribution in [0.5, 0.6) is 0 Å². The summed E-state index contributed by atoms with van der Waals surface area (Å²) in [4.78, 5) is 4.01. The molecular formula is C12H11ClFN3. The number of aryl methyl sites for hydroxylation is 1. The van der Waals surface area contributed by atoms with E-state index in [2.05, 4.69) is 10.3 Å². The molecule has 1 aromatic carbocycles. The van der Waals surface area contributed by atoms with Crippen molar-refractivity contribution >= 4 is 28.8 Å². The van der Waals surface area contributed by atoms with Gasteiger partial charge in [-0.25, -0.2) is 9.37 Å². The molecule has 17 heavy (non-hydrogen) atoms. The number of nitrogen functional groups attached to an aromatic ring is 1.